The van der Waals surface area contributed by atoms with Crippen molar-refractivity contribution in [3.63, 3.8) is 0 Å². The van der Waals surface area contributed by atoms with Gasteiger partial charge in [-0.15, -0.1) is 0 Å². The lowest BCUT2D eigenvalue weighted by molar-refractivity contribution is 0.128. The molecule has 0 radical (unpaired) electrons. The van der Waals surface area contributed by atoms with E-state index < -0.39 is 10.0 Å². The fourth-order valence-corrected chi connectivity index (χ4v) is 3.00. The Morgan fingerprint density at radius 2 is 1.95 bits per heavy atom. The Labute approximate surface area is 125 Å². The standard InChI is InChI=1S/C12H21N5O3S/c1-3-20-9-11-14-10(13)8-12(15-11)16-4-6-17(7-5-16)21(2,18)19/h8H,3-7,9H2,1-2H3,(H2,13,14,15). The van der Waals surface area contributed by atoms with E-state index in [0.29, 0.717) is 56.9 Å². The molecule has 1 aromatic heterocycles. The molecule has 1 aromatic rings. The third-order valence-corrected chi connectivity index (χ3v) is 4.55. The minimum Gasteiger partial charge on any atom is -0.384 e. The second-order valence-electron chi connectivity index (χ2n) is 4.85. The van der Waals surface area contributed by atoms with Crippen LogP contribution in [0.25, 0.3) is 0 Å². The van der Waals surface area contributed by atoms with Crippen molar-refractivity contribution in [2.75, 3.05) is 49.7 Å². The van der Waals surface area contributed by atoms with Crippen molar-refractivity contribution in [3.05, 3.63) is 11.9 Å². The van der Waals surface area contributed by atoms with Crippen molar-refractivity contribution in [2.45, 2.75) is 13.5 Å². The van der Waals surface area contributed by atoms with Crippen LogP contribution in [0.1, 0.15) is 12.7 Å². The van der Waals surface area contributed by atoms with Crippen molar-refractivity contribution in [1.82, 2.24) is 14.3 Å². The van der Waals surface area contributed by atoms with Gasteiger partial charge >= 0.3 is 0 Å². The fourth-order valence-electron chi connectivity index (χ4n) is 2.17. The number of hydrogen-bond acceptors (Lipinski definition) is 7. The van der Waals surface area contributed by atoms with Gasteiger partial charge in [-0.05, 0) is 6.92 Å². The average Bonchev–Trinajstić information content (AvgIpc) is 2.44. The normalized spacial score (nSPS) is 17.1. The lowest BCUT2D eigenvalue weighted by Gasteiger charge is -2.34. The van der Waals surface area contributed by atoms with Crippen LogP contribution in [0.3, 0.4) is 0 Å². The smallest absolute Gasteiger partial charge is 0.211 e. The molecule has 8 nitrogen and oxygen atoms in total. The lowest BCUT2D eigenvalue weighted by atomic mass is 10.3. The first-order valence-electron chi connectivity index (χ1n) is 6.81. The molecule has 1 aliphatic heterocycles. The summed E-state index contributed by atoms with van der Waals surface area (Å²) in [5.74, 6) is 1.64. The van der Waals surface area contributed by atoms with Crippen molar-refractivity contribution in [2.24, 2.45) is 0 Å². The molecular weight excluding hydrogens is 294 g/mol. The molecule has 21 heavy (non-hydrogen) atoms. The molecule has 118 valence electrons. The van der Waals surface area contributed by atoms with Gasteiger partial charge in [-0.2, -0.15) is 4.31 Å². The van der Waals surface area contributed by atoms with Crippen LogP contribution in [-0.4, -0.2) is 61.7 Å². The Bertz CT molecular complexity index is 585. The highest BCUT2D eigenvalue weighted by molar-refractivity contribution is 7.88. The summed E-state index contributed by atoms with van der Waals surface area (Å²) in [6.07, 6.45) is 1.23. The third kappa shape index (κ3) is 4.26. The molecule has 0 amide bonds. The first kappa shape index (κ1) is 15.9. The number of hydrogen-bond donors (Lipinski definition) is 1. The Kier molecular flexibility index (Phi) is 4.96. The maximum Gasteiger partial charge on any atom is 0.211 e. The van der Waals surface area contributed by atoms with Gasteiger partial charge in [0.05, 0.1) is 6.26 Å². The molecule has 1 fully saturated rings. The summed E-state index contributed by atoms with van der Waals surface area (Å²) in [5.41, 5.74) is 5.79. The predicted molar refractivity (Wildman–Crippen MR) is 80.4 cm³/mol. The van der Waals surface area contributed by atoms with Crippen LogP contribution >= 0.6 is 0 Å². The zero-order valence-electron chi connectivity index (χ0n) is 12.3. The van der Waals surface area contributed by atoms with Crippen molar-refractivity contribution in [3.8, 4) is 0 Å². The van der Waals surface area contributed by atoms with Gasteiger partial charge in [0.1, 0.15) is 18.2 Å². The van der Waals surface area contributed by atoms with Crippen LogP contribution in [0, 0.1) is 0 Å². The van der Waals surface area contributed by atoms with Crippen molar-refractivity contribution >= 4 is 21.7 Å². The topological polar surface area (TPSA) is 102 Å². The number of aromatic nitrogens is 2. The Morgan fingerprint density at radius 1 is 1.29 bits per heavy atom. The molecule has 0 saturated carbocycles. The largest absolute Gasteiger partial charge is 0.384 e. The summed E-state index contributed by atoms with van der Waals surface area (Å²) in [4.78, 5) is 10.6. The summed E-state index contributed by atoms with van der Waals surface area (Å²) in [6, 6.07) is 1.70. The van der Waals surface area contributed by atoms with E-state index in [2.05, 4.69) is 9.97 Å². The van der Waals surface area contributed by atoms with Crippen LogP contribution in [0.15, 0.2) is 6.07 Å². The summed E-state index contributed by atoms with van der Waals surface area (Å²) >= 11 is 0. The number of sulfonamides is 1. The second-order valence-corrected chi connectivity index (χ2v) is 6.84. The summed E-state index contributed by atoms with van der Waals surface area (Å²) in [5, 5.41) is 0. The summed E-state index contributed by atoms with van der Waals surface area (Å²) < 4.78 is 29.8. The van der Waals surface area contributed by atoms with Crippen molar-refractivity contribution in [1.29, 1.82) is 0 Å². The molecule has 2 rings (SSSR count). The number of ether oxygens (including phenoxy) is 1. The number of anilines is 2. The second kappa shape index (κ2) is 6.54. The third-order valence-electron chi connectivity index (χ3n) is 3.25. The average molecular weight is 315 g/mol. The van der Waals surface area contributed by atoms with Crippen LogP contribution in [0.2, 0.25) is 0 Å². The van der Waals surface area contributed by atoms with E-state index in [4.69, 9.17) is 10.5 Å². The van der Waals surface area contributed by atoms with E-state index in [-0.39, 0.29) is 0 Å². The predicted octanol–water partition coefficient (Wildman–Crippen LogP) is -0.323. The molecular formula is C12H21N5O3S. The Morgan fingerprint density at radius 3 is 2.52 bits per heavy atom. The van der Waals surface area contributed by atoms with Gasteiger partial charge in [0.2, 0.25) is 10.0 Å². The van der Waals surface area contributed by atoms with E-state index in [1.54, 1.807) is 6.07 Å². The van der Waals surface area contributed by atoms with Crippen LogP contribution < -0.4 is 10.6 Å². The molecule has 0 unspecified atom stereocenters. The maximum absolute atomic E-state index is 11.5. The highest BCUT2D eigenvalue weighted by Gasteiger charge is 2.24. The van der Waals surface area contributed by atoms with Gasteiger partial charge in [0, 0.05) is 38.9 Å². The molecule has 1 aliphatic rings. The molecule has 0 aromatic carbocycles. The lowest BCUT2D eigenvalue weighted by Crippen LogP contribution is -2.48. The SMILES string of the molecule is CCOCc1nc(N)cc(N2CCN(S(C)(=O)=O)CC2)n1. The quantitative estimate of drug-likeness (QED) is 0.794. The van der Waals surface area contributed by atoms with Gasteiger partial charge in [-0.3, -0.25) is 0 Å². The van der Waals surface area contributed by atoms with Gasteiger partial charge < -0.3 is 15.4 Å². The number of piperazine rings is 1. The monoisotopic (exact) mass is 315 g/mol. The van der Waals surface area contributed by atoms with Crippen LogP contribution in [-0.2, 0) is 21.4 Å². The van der Waals surface area contributed by atoms with E-state index in [1.165, 1.54) is 10.6 Å². The number of nitrogens with zero attached hydrogens (tertiary/aromatic N) is 4. The molecule has 2 N–H and O–H groups in total. The van der Waals surface area contributed by atoms with Gasteiger partial charge in [0.15, 0.2) is 5.82 Å². The van der Waals surface area contributed by atoms with Gasteiger partial charge in [-0.25, -0.2) is 18.4 Å². The van der Waals surface area contributed by atoms with Gasteiger partial charge in [-0.1, -0.05) is 0 Å². The molecule has 0 aliphatic carbocycles. The first-order valence-corrected chi connectivity index (χ1v) is 8.66. The minimum absolute atomic E-state index is 0.317. The number of rotatable bonds is 5. The van der Waals surface area contributed by atoms with E-state index in [1.807, 2.05) is 11.8 Å². The minimum atomic E-state index is -3.13. The fraction of sp³-hybridized carbons (Fsp3) is 0.667. The highest BCUT2D eigenvalue weighted by Crippen LogP contribution is 2.17. The number of nitrogens with two attached hydrogens (primary N) is 1. The zero-order chi connectivity index (χ0) is 15.5. The molecule has 2 heterocycles. The Balaban J connectivity index is 2.07. The molecule has 0 bridgehead atoms. The summed E-state index contributed by atoms with van der Waals surface area (Å²) in [6.45, 7) is 4.86. The van der Waals surface area contributed by atoms with E-state index in [9.17, 15) is 8.42 Å². The van der Waals surface area contributed by atoms with Crippen molar-refractivity contribution < 1.29 is 13.2 Å². The van der Waals surface area contributed by atoms with E-state index >= 15 is 0 Å². The van der Waals surface area contributed by atoms with Crippen LogP contribution in [0.5, 0.6) is 0 Å². The molecule has 1 saturated heterocycles. The maximum atomic E-state index is 11.5. The number of nitrogen functional groups attached to an aromatic ring is 1. The molecule has 0 atom stereocenters. The first-order chi connectivity index (χ1) is 9.90. The van der Waals surface area contributed by atoms with E-state index in [0.717, 1.165) is 0 Å². The molecule has 9 heteroatoms. The van der Waals surface area contributed by atoms with Gasteiger partial charge in [0.25, 0.3) is 0 Å². The zero-order valence-corrected chi connectivity index (χ0v) is 13.1. The summed E-state index contributed by atoms with van der Waals surface area (Å²) in [7, 11) is -3.13. The molecule has 0 spiro atoms. The highest BCUT2D eigenvalue weighted by atomic mass is 32.2. The Hall–Kier alpha value is -1.45. The van der Waals surface area contributed by atoms with Crippen LogP contribution in [0.4, 0.5) is 11.6 Å².